The standard InChI is InChI=1S/C8H4Br2ClN/c9-7-2-8(10)6(4-12)1-5(7)3-11/h1-2H,3H2. The minimum absolute atomic E-state index is 0.405. The lowest BCUT2D eigenvalue weighted by molar-refractivity contribution is 1.33. The van der Waals surface area contributed by atoms with E-state index in [1.807, 2.05) is 6.07 Å². The molecule has 0 saturated heterocycles. The fourth-order valence-electron chi connectivity index (χ4n) is 0.782. The van der Waals surface area contributed by atoms with Crippen LogP contribution in [0.25, 0.3) is 0 Å². The van der Waals surface area contributed by atoms with Crippen LogP contribution in [0.4, 0.5) is 0 Å². The van der Waals surface area contributed by atoms with Gasteiger partial charge in [-0.25, -0.2) is 0 Å². The van der Waals surface area contributed by atoms with Gasteiger partial charge in [0.15, 0.2) is 0 Å². The van der Waals surface area contributed by atoms with Crippen LogP contribution in [0.2, 0.25) is 0 Å². The summed E-state index contributed by atoms with van der Waals surface area (Å²) in [5, 5.41) is 8.69. The molecular weight excluding hydrogens is 305 g/mol. The molecule has 0 atom stereocenters. The van der Waals surface area contributed by atoms with E-state index >= 15 is 0 Å². The third kappa shape index (κ3) is 2.01. The smallest absolute Gasteiger partial charge is 0.100 e. The molecule has 1 aromatic carbocycles. The number of rotatable bonds is 1. The summed E-state index contributed by atoms with van der Waals surface area (Å²) < 4.78 is 1.70. The quantitative estimate of drug-likeness (QED) is 0.723. The molecule has 0 amide bonds. The van der Waals surface area contributed by atoms with E-state index in [1.165, 1.54) is 0 Å². The lowest BCUT2D eigenvalue weighted by Gasteiger charge is -2.01. The zero-order valence-electron chi connectivity index (χ0n) is 5.94. The molecule has 0 unspecified atom stereocenters. The molecule has 0 heterocycles. The molecule has 0 aromatic heterocycles. The summed E-state index contributed by atoms with van der Waals surface area (Å²) in [7, 11) is 0. The van der Waals surface area contributed by atoms with E-state index in [2.05, 4.69) is 37.9 Å². The Labute approximate surface area is 92.6 Å². The first kappa shape index (κ1) is 10.0. The van der Waals surface area contributed by atoms with Gasteiger partial charge in [0.2, 0.25) is 0 Å². The lowest BCUT2D eigenvalue weighted by atomic mass is 10.2. The van der Waals surface area contributed by atoms with Crippen LogP contribution in [0.1, 0.15) is 11.1 Å². The molecule has 0 fully saturated rings. The summed E-state index contributed by atoms with van der Waals surface area (Å²) >= 11 is 12.3. The Morgan fingerprint density at radius 2 is 2.00 bits per heavy atom. The second-order valence-electron chi connectivity index (χ2n) is 2.17. The number of alkyl halides is 1. The van der Waals surface area contributed by atoms with Crippen LogP contribution >= 0.6 is 43.5 Å². The largest absolute Gasteiger partial charge is 0.192 e. The molecule has 0 N–H and O–H groups in total. The summed E-state index contributed by atoms with van der Waals surface area (Å²) in [6, 6.07) is 5.67. The van der Waals surface area contributed by atoms with Crippen LogP contribution in [0.15, 0.2) is 21.1 Å². The predicted octanol–water partition coefficient (Wildman–Crippen LogP) is 3.82. The number of hydrogen-bond acceptors (Lipinski definition) is 1. The number of nitriles is 1. The second kappa shape index (κ2) is 4.27. The summed E-state index contributed by atoms with van der Waals surface area (Å²) in [5.74, 6) is 0.405. The van der Waals surface area contributed by atoms with Gasteiger partial charge in [-0.15, -0.1) is 11.6 Å². The van der Waals surface area contributed by atoms with Crippen molar-refractivity contribution in [2.75, 3.05) is 0 Å². The van der Waals surface area contributed by atoms with E-state index in [4.69, 9.17) is 16.9 Å². The van der Waals surface area contributed by atoms with Crippen molar-refractivity contribution in [1.82, 2.24) is 0 Å². The molecule has 0 bridgehead atoms. The van der Waals surface area contributed by atoms with Gasteiger partial charge in [0.25, 0.3) is 0 Å². The normalized spacial score (nSPS) is 9.50. The van der Waals surface area contributed by atoms with E-state index in [0.717, 1.165) is 14.5 Å². The highest BCUT2D eigenvalue weighted by Gasteiger charge is 2.04. The molecule has 1 rings (SSSR count). The van der Waals surface area contributed by atoms with Crippen LogP contribution in [0.5, 0.6) is 0 Å². The van der Waals surface area contributed by atoms with Crippen LogP contribution in [0, 0.1) is 11.3 Å². The molecule has 0 radical (unpaired) electrons. The van der Waals surface area contributed by atoms with Crippen molar-refractivity contribution in [3.8, 4) is 6.07 Å². The van der Waals surface area contributed by atoms with Gasteiger partial charge in [0, 0.05) is 14.8 Å². The van der Waals surface area contributed by atoms with E-state index in [9.17, 15) is 0 Å². The summed E-state index contributed by atoms with van der Waals surface area (Å²) in [4.78, 5) is 0. The number of hydrogen-bond donors (Lipinski definition) is 0. The van der Waals surface area contributed by atoms with Crippen LogP contribution in [0.3, 0.4) is 0 Å². The van der Waals surface area contributed by atoms with Gasteiger partial charge < -0.3 is 0 Å². The third-order valence-corrected chi connectivity index (χ3v) is 3.08. The zero-order valence-corrected chi connectivity index (χ0v) is 9.87. The van der Waals surface area contributed by atoms with Gasteiger partial charge in [0.05, 0.1) is 5.56 Å². The maximum Gasteiger partial charge on any atom is 0.100 e. The highest BCUT2D eigenvalue weighted by atomic mass is 79.9. The maximum absolute atomic E-state index is 8.69. The first-order valence-corrected chi connectivity index (χ1v) is 5.25. The molecule has 0 spiro atoms. The average molecular weight is 309 g/mol. The Kier molecular flexibility index (Phi) is 3.57. The first-order valence-electron chi connectivity index (χ1n) is 3.13. The third-order valence-electron chi connectivity index (χ3n) is 1.40. The van der Waals surface area contributed by atoms with E-state index < -0.39 is 0 Å². The number of nitrogens with zero attached hydrogens (tertiary/aromatic N) is 1. The average Bonchev–Trinajstić information content (AvgIpc) is 2.05. The Morgan fingerprint density at radius 3 is 2.50 bits per heavy atom. The summed E-state index contributed by atoms with van der Waals surface area (Å²) in [5.41, 5.74) is 1.53. The van der Waals surface area contributed by atoms with Crippen molar-refractivity contribution >= 4 is 43.5 Å². The fraction of sp³-hybridized carbons (Fsp3) is 0.125. The topological polar surface area (TPSA) is 23.8 Å². The number of benzene rings is 1. The minimum Gasteiger partial charge on any atom is -0.192 e. The zero-order chi connectivity index (χ0) is 9.14. The Bertz CT molecular complexity index is 344. The molecule has 62 valence electrons. The molecule has 1 nitrogen and oxygen atoms in total. The van der Waals surface area contributed by atoms with Gasteiger partial charge in [-0.1, -0.05) is 15.9 Å². The Hall–Kier alpha value is -0.0400. The van der Waals surface area contributed by atoms with Gasteiger partial charge in [0.1, 0.15) is 6.07 Å². The molecule has 12 heavy (non-hydrogen) atoms. The highest BCUT2D eigenvalue weighted by molar-refractivity contribution is 9.11. The van der Waals surface area contributed by atoms with Crippen LogP contribution in [-0.2, 0) is 5.88 Å². The van der Waals surface area contributed by atoms with Crippen molar-refractivity contribution in [1.29, 1.82) is 5.26 Å². The first-order chi connectivity index (χ1) is 5.69. The summed E-state index contributed by atoms with van der Waals surface area (Å²) in [6.45, 7) is 0. The predicted molar refractivity (Wildman–Crippen MR) is 56.1 cm³/mol. The summed E-state index contributed by atoms with van der Waals surface area (Å²) in [6.07, 6.45) is 0. The number of halogens is 3. The van der Waals surface area contributed by atoms with Crippen LogP contribution < -0.4 is 0 Å². The SMILES string of the molecule is N#Cc1cc(CCl)c(Br)cc1Br. The second-order valence-corrected chi connectivity index (χ2v) is 4.14. The molecule has 0 aliphatic heterocycles. The van der Waals surface area contributed by atoms with E-state index in [1.54, 1.807) is 6.07 Å². The van der Waals surface area contributed by atoms with Crippen molar-refractivity contribution in [3.63, 3.8) is 0 Å². The molecule has 1 aromatic rings. The van der Waals surface area contributed by atoms with E-state index in [-0.39, 0.29) is 0 Å². The van der Waals surface area contributed by atoms with Crippen molar-refractivity contribution in [2.45, 2.75) is 5.88 Å². The molecule has 0 aliphatic carbocycles. The Balaban J connectivity index is 3.30. The minimum atomic E-state index is 0.405. The fourth-order valence-corrected chi connectivity index (χ4v) is 2.39. The maximum atomic E-state index is 8.69. The van der Waals surface area contributed by atoms with Gasteiger partial charge >= 0.3 is 0 Å². The van der Waals surface area contributed by atoms with Gasteiger partial charge in [-0.2, -0.15) is 5.26 Å². The monoisotopic (exact) mass is 307 g/mol. The molecule has 4 heteroatoms. The van der Waals surface area contributed by atoms with Crippen molar-refractivity contribution in [3.05, 3.63) is 32.2 Å². The van der Waals surface area contributed by atoms with Gasteiger partial charge in [-0.3, -0.25) is 0 Å². The Morgan fingerprint density at radius 1 is 1.33 bits per heavy atom. The molecular formula is C8H4Br2ClN. The van der Waals surface area contributed by atoms with E-state index in [0.29, 0.717) is 11.4 Å². The highest BCUT2D eigenvalue weighted by Crippen LogP contribution is 2.26. The van der Waals surface area contributed by atoms with Crippen molar-refractivity contribution in [2.24, 2.45) is 0 Å². The molecule has 0 aliphatic rings. The van der Waals surface area contributed by atoms with Crippen LogP contribution in [-0.4, -0.2) is 0 Å². The van der Waals surface area contributed by atoms with Crippen molar-refractivity contribution < 1.29 is 0 Å². The van der Waals surface area contributed by atoms with Gasteiger partial charge in [-0.05, 0) is 33.6 Å². The molecule has 0 saturated carbocycles. The lowest BCUT2D eigenvalue weighted by Crippen LogP contribution is -1.85.